The number of carbonyl (C=O) groups is 3. The highest BCUT2D eigenvalue weighted by molar-refractivity contribution is 5.94. The van der Waals surface area contributed by atoms with Crippen LogP contribution in [0.25, 0.3) is 10.9 Å². The van der Waals surface area contributed by atoms with E-state index in [0.29, 0.717) is 55.2 Å². The molecule has 354 valence electrons. The smallest absolute Gasteiger partial charge is 0.412 e. The molecule has 67 heavy (non-hydrogen) atoms. The number of aromatic nitrogens is 1. The van der Waals surface area contributed by atoms with Crippen LogP contribution < -0.4 is 24.4 Å². The number of amides is 1. The van der Waals surface area contributed by atoms with E-state index in [1.54, 1.807) is 38.5 Å². The first-order valence-electron chi connectivity index (χ1n) is 23.8. The van der Waals surface area contributed by atoms with Crippen molar-refractivity contribution in [3.8, 4) is 17.2 Å². The number of ether oxygens (including phenoxy) is 5. The summed E-state index contributed by atoms with van der Waals surface area (Å²) in [4.78, 5) is 53.5. The highest BCUT2D eigenvalue weighted by atomic mass is 16.6. The maximum Gasteiger partial charge on any atom is 0.412 e. The number of H-pyrrole nitrogens is 1. The molecule has 14 heteroatoms. The van der Waals surface area contributed by atoms with Crippen molar-refractivity contribution >= 4 is 34.6 Å². The Morgan fingerprint density at radius 2 is 1.73 bits per heavy atom. The molecular weight excluding hydrogens is 851 g/mol. The largest absolute Gasteiger partial charge is 0.497 e. The number of para-hydroxylation sites is 1. The summed E-state index contributed by atoms with van der Waals surface area (Å²) in [5.41, 5.74) is 1.74. The van der Waals surface area contributed by atoms with Gasteiger partial charge in [-0.2, -0.15) is 0 Å². The molecule has 0 radical (unpaired) electrons. The predicted octanol–water partition coefficient (Wildman–Crippen LogP) is 6.42. The number of hydrogen-bond donors (Lipinski definition) is 3. The number of aromatic amines is 1. The fourth-order valence-electron chi connectivity index (χ4n) is 14.0. The Morgan fingerprint density at radius 1 is 0.955 bits per heavy atom. The second kappa shape index (κ2) is 16.7. The highest BCUT2D eigenvalue weighted by Gasteiger charge is 2.78. The van der Waals surface area contributed by atoms with Gasteiger partial charge in [0.05, 0.1) is 33.9 Å². The molecule has 6 heterocycles. The van der Waals surface area contributed by atoms with Crippen molar-refractivity contribution in [2.75, 3.05) is 72.5 Å². The normalized spacial score (nSPS) is 31.5. The maximum atomic E-state index is 15.5. The molecule has 9 atom stereocenters. The van der Waals surface area contributed by atoms with Crippen LogP contribution in [-0.4, -0.2) is 129 Å². The molecule has 1 spiro atoms. The zero-order valence-electron chi connectivity index (χ0n) is 39.6. The van der Waals surface area contributed by atoms with E-state index in [0.717, 1.165) is 65.9 Å². The Kier molecular flexibility index (Phi) is 11.2. The van der Waals surface area contributed by atoms with Crippen molar-refractivity contribution in [1.82, 2.24) is 20.1 Å². The Morgan fingerprint density at radius 3 is 2.45 bits per heavy atom. The first kappa shape index (κ1) is 45.0. The summed E-state index contributed by atoms with van der Waals surface area (Å²) in [6.07, 6.45) is 8.03. The third-order valence-corrected chi connectivity index (χ3v) is 16.4. The minimum atomic E-state index is -1.88. The van der Waals surface area contributed by atoms with Gasteiger partial charge in [0, 0.05) is 90.9 Å². The first-order valence-corrected chi connectivity index (χ1v) is 23.8. The Balaban J connectivity index is 1.20. The van der Waals surface area contributed by atoms with Gasteiger partial charge < -0.3 is 44.0 Å². The van der Waals surface area contributed by atoms with E-state index < -0.39 is 46.1 Å². The van der Waals surface area contributed by atoms with E-state index in [1.807, 2.05) is 19.2 Å². The number of anilines is 1. The topological polar surface area (TPSA) is 155 Å². The number of rotatable bonds is 10. The minimum Gasteiger partial charge on any atom is -0.497 e. The fraction of sp³-hybridized carbons (Fsp3) is 0.491. The van der Waals surface area contributed by atoms with Gasteiger partial charge in [-0.1, -0.05) is 55.8 Å². The summed E-state index contributed by atoms with van der Waals surface area (Å²) in [6.45, 7) is 9.25. The molecule has 4 aromatic rings. The summed E-state index contributed by atoms with van der Waals surface area (Å²) in [7, 11) is 6.64. The van der Waals surface area contributed by atoms with Crippen molar-refractivity contribution < 1.29 is 43.2 Å². The molecule has 5 aliphatic heterocycles. The zero-order chi connectivity index (χ0) is 47.0. The average molecular weight is 914 g/mol. The fourth-order valence-corrected chi connectivity index (χ4v) is 14.0. The Bertz CT molecular complexity index is 2680. The van der Waals surface area contributed by atoms with Crippen LogP contribution in [0.15, 0.2) is 84.5 Å². The molecule has 6 aliphatic rings. The number of benzene rings is 3. The van der Waals surface area contributed by atoms with Crippen LogP contribution in [0.2, 0.25) is 0 Å². The van der Waals surface area contributed by atoms with Crippen LogP contribution in [0.4, 0.5) is 10.5 Å². The second-order valence-corrected chi connectivity index (χ2v) is 19.6. The molecule has 3 N–H and O–H groups in total. The molecule has 1 amide bonds. The highest BCUT2D eigenvalue weighted by Crippen LogP contribution is 2.68. The van der Waals surface area contributed by atoms with Crippen molar-refractivity contribution in [2.24, 2.45) is 11.3 Å². The molecule has 2 bridgehead atoms. The number of nitrogens with one attached hydrogen (secondary N) is 2. The number of esters is 2. The van der Waals surface area contributed by atoms with Gasteiger partial charge >= 0.3 is 18.0 Å². The Hall–Kier alpha value is -5.83. The number of hydrogen-bond acceptors (Lipinski definition) is 12. The summed E-state index contributed by atoms with van der Waals surface area (Å²) >= 11 is 0. The van der Waals surface area contributed by atoms with Crippen molar-refractivity contribution in [3.63, 3.8) is 0 Å². The van der Waals surface area contributed by atoms with Crippen LogP contribution in [0.1, 0.15) is 68.8 Å². The van der Waals surface area contributed by atoms with E-state index >= 15 is 4.79 Å². The van der Waals surface area contributed by atoms with E-state index in [9.17, 15) is 14.7 Å². The lowest BCUT2D eigenvalue weighted by molar-refractivity contribution is -0.216. The number of methoxy groups -OCH3 is 3. The second-order valence-electron chi connectivity index (χ2n) is 19.6. The summed E-state index contributed by atoms with van der Waals surface area (Å²) < 4.78 is 29.9. The number of nitrogens with zero attached hydrogens (tertiary/aromatic N) is 3. The average Bonchev–Trinajstić information content (AvgIpc) is 4.00. The number of aliphatic hydroxyl groups is 1. The first-order chi connectivity index (χ1) is 32.3. The standard InChI is InChI=1S/C53H63N5O9/c1-8-33-25-34-28-52(48(60)65-7,44-38(19-23-57(29-33)30-34)37-13-10-11-14-41(37)55-44)40-26-39-42(27-43(40)64-6)56(4)46-51(39)21-24-58-22-12-20-50(9-2,45(51)58)47(66-32(3)59)53(46,62)31-54-49(61)67-36-17-15-35(63-5)16-18-36/h10-18,20,25-27,34,45-47,55,62H,8-9,19,21-24,28-31H2,1-7H3,(H,54,61)/t34-,45-,46+,47+,50+,51+,52-,53?/m0/s1. The molecule has 3 aromatic carbocycles. The quantitative estimate of drug-likeness (QED) is 0.119. The lowest BCUT2D eigenvalue weighted by atomic mass is 9.47. The summed E-state index contributed by atoms with van der Waals surface area (Å²) in [5.74, 6) is 0.521. The van der Waals surface area contributed by atoms with Crippen molar-refractivity contribution in [3.05, 3.63) is 107 Å². The van der Waals surface area contributed by atoms with Crippen LogP contribution >= 0.6 is 0 Å². The van der Waals surface area contributed by atoms with E-state index in [1.165, 1.54) is 19.6 Å². The van der Waals surface area contributed by atoms with Gasteiger partial charge in [-0.25, -0.2) is 4.79 Å². The van der Waals surface area contributed by atoms with Crippen LogP contribution in [-0.2, 0) is 36.3 Å². The van der Waals surface area contributed by atoms with Crippen LogP contribution in [0.3, 0.4) is 0 Å². The minimum absolute atomic E-state index is 0.0120. The van der Waals surface area contributed by atoms with Gasteiger partial charge in [0.15, 0.2) is 0 Å². The van der Waals surface area contributed by atoms with Gasteiger partial charge in [0.2, 0.25) is 0 Å². The SMILES string of the molecule is CCC1=C[C@@H]2CN(CCc3c([nH]c4ccccc34)[C@@](C(=O)OC)(c3cc4c(cc3OC)N(C)[C@H]3C(O)(CNC(=O)Oc5ccc(OC)cc5)[C@H](OC(C)=O)[C@]5(CC)C=CCN6CC[C@]43[C@@H]65)C2)C1. The van der Waals surface area contributed by atoms with Gasteiger partial charge in [-0.3, -0.25) is 19.4 Å². The van der Waals surface area contributed by atoms with Crippen molar-refractivity contribution in [1.29, 1.82) is 0 Å². The third-order valence-electron chi connectivity index (χ3n) is 16.4. The molecule has 1 aromatic heterocycles. The molecule has 1 aliphatic carbocycles. The van der Waals surface area contributed by atoms with E-state index in [2.05, 4.69) is 81.3 Å². The molecule has 1 saturated carbocycles. The summed E-state index contributed by atoms with van der Waals surface area (Å²) in [6, 6.07) is 18.2. The van der Waals surface area contributed by atoms with Crippen LogP contribution in [0.5, 0.6) is 17.2 Å². The van der Waals surface area contributed by atoms with E-state index in [-0.39, 0.29) is 24.5 Å². The molecule has 14 nitrogen and oxygen atoms in total. The van der Waals surface area contributed by atoms with Gasteiger partial charge in [0.1, 0.15) is 34.4 Å². The monoisotopic (exact) mass is 913 g/mol. The summed E-state index contributed by atoms with van der Waals surface area (Å²) in [5, 5.41) is 17.9. The predicted molar refractivity (Wildman–Crippen MR) is 254 cm³/mol. The number of likely N-dealkylation sites (N-methyl/N-ethyl adjacent to an activating group) is 1. The van der Waals surface area contributed by atoms with Gasteiger partial charge in [0.25, 0.3) is 0 Å². The molecule has 2 unspecified atom stereocenters. The number of fused-ring (bicyclic) bond motifs is 6. The zero-order valence-corrected chi connectivity index (χ0v) is 39.6. The lowest BCUT2D eigenvalue weighted by Gasteiger charge is -2.64. The van der Waals surface area contributed by atoms with Gasteiger partial charge in [-0.15, -0.1) is 0 Å². The van der Waals surface area contributed by atoms with Crippen LogP contribution in [0, 0.1) is 11.3 Å². The Labute approximate surface area is 392 Å². The molecule has 1 saturated heterocycles. The molecular formula is C53H63N5O9. The third kappa shape index (κ3) is 6.64. The number of carbonyl (C=O) groups excluding carboxylic acids is 3. The maximum absolute atomic E-state index is 15.5. The van der Waals surface area contributed by atoms with Gasteiger partial charge in [-0.05, 0) is 92.1 Å². The molecule has 2 fully saturated rings. The lowest BCUT2D eigenvalue weighted by Crippen LogP contribution is -2.81. The van der Waals surface area contributed by atoms with Crippen molar-refractivity contribution in [2.45, 2.75) is 87.5 Å². The van der Waals surface area contributed by atoms with E-state index in [4.69, 9.17) is 23.7 Å². The molecule has 10 rings (SSSR count).